The van der Waals surface area contributed by atoms with Crippen LogP contribution in [0.4, 0.5) is 13.2 Å². The number of aromatic nitrogens is 2. The Bertz CT molecular complexity index is 1130. The molecule has 1 aromatic heterocycles. The monoisotopic (exact) mass is 466 g/mol. The third-order valence-corrected chi connectivity index (χ3v) is 4.97. The molecule has 2 aromatic rings. The first kappa shape index (κ1) is 23.3. The van der Waals surface area contributed by atoms with Crippen molar-refractivity contribution in [3.8, 4) is 11.5 Å². The minimum Gasteiger partial charge on any atom is -0.468 e. The highest BCUT2D eigenvalue weighted by atomic mass is 35.5. The van der Waals surface area contributed by atoms with Gasteiger partial charge in [0.2, 0.25) is 5.89 Å². The quantitative estimate of drug-likeness (QED) is 0.504. The highest BCUT2D eigenvalue weighted by Gasteiger charge is 2.36. The second-order valence-corrected chi connectivity index (χ2v) is 8.07. The Morgan fingerprint density at radius 3 is 2.57 bits per heavy atom. The summed E-state index contributed by atoms with van der Waals surface area (Å²) in [7, 11) is -2.49. The Labute approximate surface area is 173 Å². The zero-order chi connectivity index (χ0) is 22.7. The van der Waals surface area contributed by atoms with Crippen molar-refractivity contribution in [1.29, 1.82) is 0 Å². The van der Waals surface area contributed by atoms with Gasteiger partial charge >= 0.3 is 12.1 Å². The van der Waals surface area contributed by atoms with Crippen LogP contribution >= 0.6 is 11.6 Å². The van der Waals surface area contributed by atoms with Crippen molar-refractivity contribution in [2.45, 2.75) is 11.1 Å². The Kier molecular flexibility index (Phi) is 6.87. The van der Waals surface area contributed by atoms with Gasteiger partial charge in [-0.1, -0.05) is 17.7 Å². The molecule has 0 amide bonds. The number of hydrogen-bond donors (Lipinski definition) is 1. The smallest absolute Gasteiger partial charge is 0.432 e. The number of halogens is 4. The maximum atomic E-state index is 12.9. The van der Waals surface area contributed by atoms with Gasteiger partial charge in [0, 0.05) is 11.8 Å². The molecule has 0 fully saturated rings. The van der Waals surface area contributed by atoms with Crippen LogP contribution in [0, 0.1) is 0 Å². The first-order valence-electron chi connectivity index (χ1n) is 7.83. The lowest BCUT2D eigenvalue weighted by molar-refractivity contribution is -0.138. The van der Waals surface area contributed by atoms with E-state index in [2.05, 4.69) is 19.9 Å². The van der Waals surface area contributed by atoms with Crippen molar-refractivity contribution in [1.82, 2.24) is 10.2 Å². The Morgan fingerprint density at radius 1 is 1.33 bits per heavy atom. The van der Waals surface area contributed by atoms with Gasteiger partial charge in [-0.05, 0) is 18.2 Å². The van der Waals surface area contributed by atoms with E-state index >= 15 is 0 Å². The Balaban J connectivity index is 2.55. The van der Waals surface area contributed by atoms with E-state index in [-0.39, 0.29) is 16.3 Å². The topological polar surface area (TPSA) is 138 Å². The summed E-state index contributed by atoms with van der Waals surface area (Å²) in [5.74, 6) is -1.67. The first-order chi connectivity index (χ1) is 13.8. The van der Waals surface area contributed by atoms with Gasteiger partial charge in [-0.3, -0.25) is 9.79 Å². The fourth-order valence-electron chi connectivity index (χ4n) is 1.99. The maximum absolute atomic E-state index is 12.9. The van der Waals surface area contributed by atoms with Crippen molar-refractivity contribution < 1.29 is 35.5 Å². The van der Waals surface area contributed by atoms with Crippen molar-refractivity contribution in [3.05, 3.63) is 40.9 Å². The van der Waals surface area contributed by atoms with Crippen molar-refractivity contribution in [2.24, 2.45) is 10.7 Å². The van der Waals surface area contributed by atoms with Gasteiger partial charge in [0.15, 0.2) is 9.84 Å². The number of alkyl halides is 3. The molecule has 14 heteroatoms. The molecule has 0 unspecified atom stereocenters. The van der Waals surface area contributed by atoms with Gasteiger partial charge in [-0.25, -0.2) is 8.42 Å². The molecule has 0 aliphatic carbocycles. The van der Waals surface area contributed by atoms with E-state index in [0.717, 1.165) is 13.4 Å². The first-order valence-corrected chi connectivity index (χ1v) is 10.1. The van der Waals surface area contributed by atoms with Crippen LogP contribution in [-0.4, -0.2) is 56.4 Å². The fourth-order valence-corrected chi connectivity index (χ4v) is 2.90. The van der Waals surface area contributed by atoms with E-state index in [4.69, 9.17) is 21.8 Å². The molecule has 0 aliphatic rings. The Hall–Kier alpha value is -2.93. The summed E-state index contributed by atoms with van der Waals surface area (Å²) in [5, 5.41) is 6.19. The van der Waals surface area contributed by atoms with Gasteiger partial charge in [-0.15, -0.1) is 10.2 Å². The normalized spacial score (nSPS) is 13.7. The zero-order valence-corrected chi connectivity index (χ0v) is 17.0. The lowest BCUT2D eigenvalue weighted by Gasteiger charge is -2.09. The molecular formula is C16H14ClF3N4O5S. The minimum absolute atomic E-state index is 0.0430. The number of aliphatic imine (C=N–C) groups is 1. The number of ether oxygens (including phenoxy) is 1. The van der Waals surface area contributed by atoms with E-state index in [1.54, 1.807) is 0 Å². The highest BCUT2D eigenvalue weighted by molar-refractivity contribution is 7.90. The summed E-state index contributed by atoms with van der Waals surface area (Å²) < 4.78 is 71.9. The van der Waals surface area contributed by atoms with Crippen LogP contribution in [-0.2, 0) is 19.4 Å². The molecule has 1 heterocycles. The molecule has 0 radical (unpaired) electrons. The van der Waals surface area contributed by atoms with Crippen molar-refractivity contribution in [2.75, 3.05) is 19.9 Å². The standard InChI is InChI=1S/C16H14ClF3N4O5S/c1-28-10(25)7-22-12(11(17)13(21)16(18,19)20)15-24-23-14(29-15)8-4-3-5-9(6-8)30(2,26)27/h3-6H,7,21H2,1-2H3. The molecule has 0 atom stereocenters. The van der Waals surface area contributed by atoms with E-state index in [9.17, 15) is 26.4 Å². The number of allylic oxidation sites excluding steroid dienone is 2. The molecule has 2 rings (SSSR count). The molecule has 0 aliphatic heterocycles. The van der Waals surface area contributed by atoms with Crippen LogP contribution in [0.15, 0.2) is 49.3 Å². The van der Waals surface area contributed by atoms with E-state index in [0.29, 0.717) is 0 Å². The number of methoxy groups -OCH3 is 1. The largest absolute Gasteiger partial charge is 0.468 e. The second kappa shape index (κ2) is 8.83. The number of carbonyl (C=O) groups excluding carboxylic acids is 1. The minimum atomic E-state index is -4.99. The number of nitrogens with zero attached hydrogens (tertiary/aromatic N) is 3. The predicted octanol–water partition coefficient (Wildman–Crippen LogP) is 2.07. The Morgan fingerprint density at radius 2 is 2.00 bits per heavy atom. The van der Waals surface area contributed by atoms with Gasteiger partial charge < -0.3 is 14.9 Å². The number of benzene rings is 1. The van der Waals surface area contributed by atoms with Crippen LogP contribution in [0.3, 0.4) is 0 Å². The fraction of sp³-hybridized carbons (Fsp3) is 0.250. The summed E-state index contributed by atoms with van der Waals surface area (Å²) in [6.45, 7) is -0.700. The molecular weight excluding hydrogens is 453 g/mol. The predicted molar refractivity (Wildman–Crippen MR) is 99.4 cm³/mol. The lowest BCUT2D eigenvalue weighted by atomic mass is 10.2. The van der Waals surface area contributed by atoms with Gasteiger partial charge in [0.25, 0.3) is 5.89 Å². The van der Waals surface area contributed by atoms with Crippen LogP contribution in [0.25, 0.3) is 11.5 Å². The molecule has 0 bridgehead atoms. The van der Waals surface area contributed by atoms with Gasteiger partial charge in [0.1, 0.15) is 18.0 Å². The molecule has 2 N–H and O–H groups in total. The van der Waals surface area contributed by atoms with Gasteiger partial charge in [-0.2, -0.15) is 13.2 Å². The number of carbonyl (C=O) groups is 1. The summed E-state index contributed by atoms with van der Waals surface area (Å²) in [5.41, 5.74) is 2.83. The number of sulfone groups is 1. The summed E-state index contributed by atoms with van der Waals surface area (Å²) in [6, 6.07) is 5.43. The molecule has 0 saturated carbocycles. The SMILES string of the molecule is COC(=O)CN=C(C(Cl)=C(N)C(F)(F)F)c1nnc(-c2cccc(S(C)(=O)=O)c2)o1. The zero-order valence-electron chi connectivity index (χ0n) is 15.4. The van der Waals surface area contributed by atoms with E-state index in [1.807, 2.05) is 0 Å². The lowest BCUT2D eigenvalue weighted by Crippen LogP contribution is -2.24. The number of nitrogens with two attached hydrogens (primary N) is 1. The van der Waals surface area contributed by atoms with Gasteiger partial charge in [0.05, 0.1) is 17.0 Å². The van der Waals surface area contributed by atoms with E-state index in [1.165, 1.54) is 24.3 Å². The van der Waals surface area contributed by atoms with Crippen LogP contribution in [0.5, 0.6) is 0 Å². The van der Waals surface area contributed by atoms with Crippen LogP contribution in [0.2, 0.25) is 0 Å². The summed E-state index contributed by atoms with van der Waals surface area (Å²) in [4.78, 5) is 14.9. The van der Waals surface area contributed by atoms with Crippen LogP contribution < -0.4 is 5.73 Å². The summed E-state index contributed by atoms with van der Waals surface area (Å²) >= 11 is 5.73. The van der Waals surface area contributed by atoms with Crippen molar-refractivity contribution >= 4 is 33.1 Å². The average Bonchev–Trinajstić information content (AvgIpc) is 3.15. The highest BCUT2D eigenvalue weighted by Crippen LogP contribution is 2.29. The average molecular weight is 467 g/mol. The second-order valence-electron chi connectivity index (χ2n) is 5.68. The van der Waals surface area contributed by atoms with E-state index < -0.39 is 50.9 Å². The maximum Gasteiger partial charge on any atom is 0.432 e. The summed E-state index contributed by atoms with van der Waals surface area (Å²) in [6.07, 6.45) is -4.00. The number of hydrogen-bond acceptors (Lipinski definition) is 9. The molecule has 30 heavy (non-hydrogen) atoms. The van der Waals surface area contributed by atoms with Crippen molar-refractivity contribution in [3.63, 3.8) is 0 Å². The molecule has 1 aromatic carbocycles. The molecule has 9 nitrogen and oxygen atoms in total. The molecule has 0 saturated heterocycles. The molecule has 162 valence electrons. The number of esters is 1. The third-order valence-electron chi connectivity index (χ3n) is 3.48. The van der Waals surface area contributed by atoms with Crippen LogP contribution in [0.1, 0.15) is 5.89 Å². The number of rotatable bonds is 6. The third kappa shape index (κ3) is 5.57. The molecule has 0 spiro atoms.